The highest BCUT2D eigenvalue weighted by atomic mass is 16.7. The number of aliphatic hydroxyl groups excluding tert-OH is 4. The van der Waals surface area contributed by atoms with Gasteiger partial charge in [0.15, 0.2) is 11.3 Å². The van der Waals surface area contributed by atoms with Crippen LogP contribution in [0.15, 0.2) is 33.5 Å². The van der Waals surface area contributed by atoms with Gasteiger partial charge in [0, 0.05) is 12.1 Å². The van der Waals surface area contributed by atoms with Crippen LogP contribution in [-0.4, -0.2) is 73.1 Å². The van der Waals surface area contributed by atoms with Crippen molar-refractivity contribution in [1.82, 2.24) is 0 Å². The van der Waals surface area contributed by atoms with Crippen LogP contribution in [0.25, 0.3) is 21.9 Å². The fourth-order valence-electron chi connectivity index (χ4n) is 3.37. The Bertz CT molecular complexity index is 1170. The van der Waals surface area contributed by atoms with E-state index in [1.54, 1.807) is 0 Å². The Hall–Kier alpha value is -3.09. The second-order valence-electron chi connectivity index (χ2n) is 6.87. The average Bonchev–Trinajstić information content (AvgIpc) is 2.70. The standard InChI is InChI=1S/C19H18O11/c20-5-11-14(24)16(26)17(27)19(30-11)28-6-3-9(23)12-10(4-6)29-18-8(22)2-1-7(21)13(18)15(12)25/h1-4,11,14,16-17,19-24,26-27H,5H2. The van der Waals surface area contributed by atoms with Crippen LogP contribution in [0.4, 0.5) is 0 Å². The van der Waals surface area contributed by atoms with Crippen LogP contribution in [0, 0.1) is 0 Å². The van der Waals surface area contributed by atoms with Crippen molar-refractivity contribution in [3.05, 3.63) is 34.5 Å². The third-order valence-electron chi connectivity index (χ3n) is 4.94. The molecule has 0 aliphatic carbocycles. The largest absolute Gasteiger partial charge is 0.507 e. The van der Waals surface area contributed by atoms with Gasteiger partial charge in [0.1, 0.15) is 58.0 Å². The monoisotopic (exact) mass is 422 g/mol. The van der Waals surface area contributed by atoms with Crippen LogP contribution in [0.2, 0.25) is 0 Å². The van der Waals surface area contributed by atoms with Crippen molar-refractivity contribution in [3.8, 4) is 23.0 Å². The second-order valence-corrected chi connectivity index (χ2v) is 6.87. The Morgan fingerprint density at radius 1 is 0.900 bits per heavy atom. The number of benzene rings is 2. The predicted octanol–water partition coefficient (Wildman–Crippen LogP) is -0.758. The van der Waals surface area contributed by atoms with Crippen molar-refractivity contribution in [1.29, 1.82) is 0 Å². The minimum atomic E-state index is -1.69. The molecule has 1 aliphatic heterocycles. The number of fused-ring (bicyclic) bond motifs is 2. The SMILES string of the molecule is O=c1c2c(O)cc(OC3OC(CO)C(O)C(O)C3O)cc2oc2c(O)ccc(O)c12. The summed E-state index contributed by atoms with van der Waals surface area (Å²) in [7, 11) is 0. The summed E-state index contributed by atoms with van der Waals surface area (Å²) in [6.45, 7) is -0.655. The van der Waals surface area contributed by atoms with E-state index in [1.807, 2.05) is 0 Å². The summed E-state index contributed by atoms with van der Waals surface area (Å²) in [4.78, 5) is 12.7. The van der Waals surface area contributed by atoms with Gasteiger partial charge in [-0.05, 0) is 12.1 Å². The van der Waals surface area contributed by atoms with Gasteiger partial charge < -0.3 is 49.6 Å². The average molecular weight is 422 g/mol. The highest BCUT2D eigenvalue weighted by Gasteiger charge is 2.44. The molecule has 7 N–H and O–H groups in total. The number of phenols is 3. The molecule has 0 amide bonds. The number of hydrogen-bond donors (Lipinski definition) is 7. The third kappa shape index (κ3) is 3.09. The molecule has 3 aromatic rings. The summed E-state index contributed by atoms with van der Waals surface area (Å²) < 4.78 is 16.1. The smallest absolute Gasteiger partial charge is 0.229 e. The first-order valence-electron chi connectivity index (χ1n) is 8.84. The van der Waals surface area contributed by atoms with Crippen LogP contribution in [-0.2, 0) is 4.74 Å². The predicted molar refractivity (Wildman–Crippen MR) is 99.4 cm³/mol. The number of hydrogen-bond acceptors (Lipinski definition) is 11. The fraction of sp³-hybridized carbons (Fsp3) is 0.316. The van der Waals surface area contributed by atoms with E-state index in [9.17, 15) is 40.5 Å². The van der Waals surface area contributed by atoms with Crippen molar-refractivity contribution in [3.63, 3.8) is 0 Å². The lowest BCUT2D eigenvalue weighted by molar-refractivity contribution is -0.277. The zero-order chi connectivity index (χ0) is 21.7. The van der Waals surface area contributed by atoms with Crippen LogP contribution < -0.4 is 10.2 Å². The molecule has 11 heteroatoms. The number of phenolic OH excluding ortho intramolecular Hbond substituents is 3. The lowest BCUT2D eigenvalue weighted by atomic mass is 9.99. The molecular weight excluding hydrogens is 404 g/mol. The van der Waals surface area contributed by atoms with Crippen LogP contribution in [0.3, 0.4) is 0 Å². The summed E-state index contributed by atoms with van der Waals surface area (Å²) in [6, 6.07) is 4.42. The molecule has 11 nitrogen and oxygen atoms in total. The molecule has 1 saturated heterocycles. The molecule has 0 spiro atoms. The molecule has 1 aliphatic rings. The number of aromatic hydroxyl groups is 3. The molecule has 1 aromatic heterocycles. The maximum Gasteiger partial charge on any atom is 0.229 e. The van der Waals surface area contributed by atoms with Crippen molar-refractivity contribution < 1.29 is 49.6 Å². The van der Waals surface area contributed by atoms with Crippen molar-refractivity contribution >= 4 is 21.9 Å². The summed E-state index contributed by atoms with van der Waals surface area (Å²) in [5.74, 6) is -1.59. The zero-order valence-corrected chi connectivity index (χ0v) is 15.2. The van der Waals surface area contributed by atoms with Gasteiger partial charge in [0.25, 0.3) is 0 Å². The minimum absolute atomic E-state index is 0.147. The fourth-order valence-corrected chi connectivity index (χ4v) is 3.37. The van der Waals surface area contributed by atoms with Crippen LogP contribution >= 0.6 is 0 Å². The van der Waals surface area contributed by atoms with Gasteiger partial charge in [0.2, 0.25) is 11.7 Å². The quantitative estimate of drug-likeness (QED) is 0.207. The number of aliphatic hydroxyl groups is 4. The van der Waals surface area contributed by atoms with E-state index >= 15 is 0 Å². The highest BCUT2D eigenvalue weighted by Crippen LogP contribution is 2.36. The zero-order valence-electron chi connectivity index (χ0n) is 15.2. The Kier molecular flexibility index (Phi) is 4.92. The summed E-state index contributed by atoms with van der Waals surface area (Å²) >= 11 is 0. The first-order chi connectivity index (χ1) is 14.2. The molecule has 160 valence electrons. The third-order valence-corrected chi connectivity index (χ3v) is 4.94. The molecule has 5 unspecified atom stereocenters. The molecular formula is C19H18O11. The van der Waals surface area contributed by atoms with Crippen molar-refractivity contribution in [2.24, 2.45) is 0 Å². The van der Waals surface area contributed by atoms with Gasteiger partial charge in [-0.25, -0.2) is 0 Å². The molecule has 2 aromatic carbocycles. The Balaban J connectivity index is 1.79. The van der Waals surface area contributed by atoms with E-state index < -0.39 is 60.0 Å². The lowest BCUT2D eigenvalue weighted by Gasteiger charge is -2.39. The van der Waals surface area contributed by atoms with Gasteiger partial charge in [-0.2, -0.15) is 0 Å². The molecule has 0 saturated carbocycles. The van der Waals surface area contributed by atoms with Gasteiger partial charge in [-0.3, -0.25) is 4.79 Å². The number of rotatable bonds is 3. The maximum atomic E-state index is 12.7. The van der Waals surface area contributed by atoms with Crippen LogP contribution in [0.5, 0.6) is 23.0 Å². The second kappa shape index (κ2) is 7.31. The molecule has 0 radical (unpaired) electrons. The van der Waals surface area contributed by atoms with Crippen molar-refractivity contribution in [2.45, 2.75) is 30.7 Å². The summed E-state index contributed by atoms with van der Waals surface area (Å²) in [5, 5.41) is 68.6. The molecule has 0 bridgehead atoms. The molecule has 5 atom stereocenters. The van der Waals surface area contributed by atoms with Crippen LogP contribution in [0.1, 0.15) is 0 Å². The molecule has 30 heavy (non-hydrogen) atoms. The minimum Gasteiger partial charge on any atom is -0.507 e. The van der Waals surface area contributed by atoms with E-state index in [0.29, 0.717) is 0 Å². The summed E-state index contributed by atoms with van der Waals surface area (Å²) in [5.41, 5.74) is -1.30. The molecule has 1 fully saturated rings. The van der Waals surface area contributed by atoms with Gasteiger partial charge in [-0.1, -0.05) is 0 Å². The normalized spacial score (nSPS) is 26.9. The number of ether oxygens (including phenoxy) is 2. The Morgan fingerprint density at radius 3 is 2.30 bits per heavy atom. The van der Waals surface area contributed by atoms with E-state index in [-0.39, 0.29) is 27.7 Å². The Morgan fingerprint density at radius 2 is 1.60 bits per heavy atom. The Labute approximate surface area is 167 Å². The molecule has 4 rings (SSSR count). The van der Waals surface area contributed by atoms with Gasteiger partial charge in [0.05, 0.1) is 6.61 Å². The van der Waals surface area contributed by atoms with E-state index in [2.05, 4.69) is 0 Å². The van der Waals surface area contributed by atoms with Gasteiger partial charge >= 0.3 is 0 Å². The first kappa shape index (κ1) is 20.2. The van der Waals surface area contributed by atoms with E-state index in [1.165, 1.54) is 6.07 Å². The summed E-state index contributed by atoms with van der Waals surface area (Å²) in [6.07, 6.45) is -7.66. The first-order valence-corrected chi connectivity index (χ1v) is 8.84. The van der Waals surface area contributed by atoms with Crippen molar-refractivity contribution in [2.75, 3.05) is 6.61 Å². The lowest BCUT2D eigenvalue weighted by Crippen LogP contribution is -2.60. The van der Waals surface area contributed by atoms with E-state index in [4.69, 9.17) is 13.9 Å². The molecule has 2 heterocycles. The van der Waals surface area contributed by atoms with Gasteiger partial charge in [-0.15, -0.1) is 0 Å². The topological polar surface area (TPSA) is 190 Å². The highest BCUT2D eigenvalue weighted by molar-refractivity contribution is 5.98. The van der Waals surface area contributed by atoms with E-state index in [0.717, 1.165) is 18.2 Å². The maximum absolute atomic E-state index is 12.7.